The molecule has 148 valence electrons. The molecule has 0 heterocycles. The zero-order valence-corrected chi connectivity index (χ0v) is 16.6. The van der Waals surface area contributed by atoms with Gasteiger partial charge in [-0.25, -0.2) is 4.79 Å². The molecule has 0 fully saturated rings. The van der Waals surface area contributed by atoms with Crippen LogP contribution < -0.4 is 5.32 Å². The highest BCUT2D eigenvalue weighted by Gasteiger charge is 2.29. The van der Waals surface area contributed by atoms with Gasteiger partial charge in [0, 0.05) is 12.0 Å². The van der Waals surface area contributed by atoms with E-state index in [9.17, 15) is 9.59 Å². The minimum Gasteiger partial charge on any atom is -0.469 e. The number of carbonyl (C=O) groups is 2. The molecular formula is C23H27NO4. The highest BCUT2D eigenvalue weighted by molar-refractivity contribution is 5.79. The van der Waals surface area contributed by atoms with Gasteiger partial charge in [0.1, 0.15) is 6.61 Å². The predicted octanol–water partition coefficient (Wildman–Crippen LogP) is 4.50. The highest BCUT2D eigenvalue weighted by Crippen LogP contribution is 2.44. The SMILES string of the molecule is CCC(C)[C@@H](CC(=O)OC)NC(=O)OCC1c2ccccc2-c2ccccc21. The number of hydrogen-bond donors (Lipinski definition) is 1. The molecule has 0 aliphatic heterocycles. The summed E-state index contributed by atoms with van der Waals surface area (Å²) in [6.45, 7) is 4.27. The Balaban J connectivity index is 1.68. The van der Waals surface area contributed by atoms with E-state index in [0.29, 0.717) is 0 Å². The number of ether oxygens (including phenoxy) is 2. The molecule has 0 spiro atoms. The summed E-state index contributed by atoms with van der Waals surface area (Å²) in [7, 11) is 1.35. The zero-order chi connectivity index (χ0) is 20.1. The third-order valence-corrected chi connectivity index (χ3v) is 5.59. The fourth-order valence-electron chi connectivity index (χ4n) is 3.73. The Hall–Kier alpha value is -2.82. The number of hydrogen-bond acceptors (Lipinski definition) is 4. The van der Waals surface area contributed by atoms with Crippen molar-refractivity contribution in [2.45, 2.75) is 38.6 Å². The lowest BCUT2D eigenvalue weighted by molar-refractivity contribution is -0.141. The number of benzene rings is 2. The first kappa shape index (κ1) is 19.9. The van der Waals surface area contributed by atoms with Gasteiger partial charge in [-0.2, -0.15) is 0 Å². The van der Waals surface area contributed by atoms with Crippen molar-refractivity contribution < 1.29 is 19.1 Å². The number of fused-ring (bicyclic) bond motifs is 3. The van der Waals surface area contributed by atoms with Crippen LogP contribution in [0.3, 0.4) is 0 Å². The summed E-state index contributed by atoms with van der Waals surface area (Å²) >= 11 is 0. The van der Waals surface area contributed by atoms with Crippen molar-refractivity contribution in [3.63, 3.8) is 0 Å². The predicted molar refractivity (Wildman–Crippen MR) is 108 cm³/mol. The van der Waals surface area contributed by atoms with Crippen LogP contribution in [0.25, 0.3) is 11.1 Å². The van der Waals surface area contributed by atoms with Gasteiger partial charge in [-0.15, -0.1) is 0 Å². The van der Waals surface area contributed by atoms with Gasteiger partial charge >= 0.3 is 12.1 Å². The standard InChI is InChI=1S/C23H27NO4/c1-4-15(2)21(13-22(25)27-3)24-23(26)28-14-20-18-11-7-5-9-16(18)17-10-6-8-12-19(17)20/h5-12,15,20-21H,4,13-14H2,1-3H3,(H,24,26)/t15?,21-/m1/s1. The minimum atomic E-state index is -0.504. The molecule has 2 aromatic rings. The number of nitrogens with one attached hydrogen (secondary N) is 1. The van der Waals surface area contributed by atoms with Gasteiger partial charge in [-0.1, -0.05) is 68.8 Å². The van der Waals surface area contributed by atoms with E-state index in [0.717, 1.165) is 6.42 Å². The van der Waals surface area contributed by atoms with Crippen LogP contribution in [-0.2, 0) is 14.3 Å². The number of amides is 1. The van der Waals surface area contributed by atoms with Crippen LogP contribution in [0.15, 0.2) is 48.5 Å². The average molecular weight is 381 g/mol. The Bertz CT molecular complexity index is 803. The molecule has 1 unspecified atom stereocenters. The molecule has 0 aromatic heterocycles. The van der Waals surface area contributed by atoms with E-state index >= 15 is 0 Å². The second-order valence-corrected chi connectivity index (χ2v) is 7.24. The monoisotopic (exact) mass is 381 g/mol. The number of carbonyl (C=O) groups excluding carboxylic acids is 2. The highest BCUT2D eigenvalue weighted by atomic mass is 16.5. The van der Waals surface area contributed by atoms with Crippen LogP contribution in [-0.4, -0.2) is 31.8 Å². The van der Waals surface area contributed by atoms with Gasteiger partial charge in [-0.3, -0.25) is 4.79 Å². The summed E-state index contributed by atoms with van der Waals surface area (Å²) in [4.78, 5) is 24.1. The molecule has 2 atom stereocenters. The van der Waals surface area contributed by atoms with Crippen LogP contribution >= 0.6 is 0 Å². The summed E-state index contributed by atoms with van der Waals surface area (Å²) in [5, 5.41) is 2.84. The Morgan fingerprint density at radius 1 is 1.04 bits per heavy atom. The maximum absolute atomic E-state index is 12.4. The summed E-state index contributed by atoms with van der Waals surface area (Å²) in [6.07, 6.45) is 0.470. The lowest BCUT2D eigenvalue weighted by Gasteiger charge is -2.23. The molecule has 1 amide bonds. The minimum absolute atomic E-state index is 0.0146. The molecule has 28 heavy (non-hydrogen) atoms. The van der Waals surface area contributed by atoms with Crippen LogP contribution in [0, 0.1) is 5.92 Å². The topological polar surface area (TPSA) is 64.6 Å². The summed E-state index contributed by atoms with van der Waals surface area (Å²) < 4.78 is 10.3. The molecule has 0 radical (unpaired) electrons. The van der Waals surface area contributed by atoms with Crippen molar-refractivity contribution in [2.24, 2.45) is 5.92 Å². The Labute approximate surface area is 166 Å². The molecule has 5 heteroatoms. The third-order valence-electron chi connectivity index (χ3n) is 5.59. The fourth-order valence-corrected chi connectivity index (χ4v) is 3.73. The van der Waals surface area contributed by atoms with Crippen molar-refractivity contribution in [3.05, 3.63) is 59.7 Å². The molecule has 0 saturated heterocycles. The summed E-state index contributed by atoms with van der Waals surface area (Å²) in [5.41, 5.74) is 4.72. The Kier molecular flexibility index (Phi) is 6.34. The van der Waals surface area contributed by atoms with E-state index in [-0.39, 0.29) is 36.9 Å². The van der Waals surface area contributed by atoms with Crippen LogP contribution in [0.1, 0.15) is 43.7 Å². The van der Waals surface area contributed by atoms with Crippen LogP contribution in [0.2, 0.25) is 0 Å². The lowest BCUT2D eigenvalue weighted by atomic mass is 9.96. The molecule has 5 nitrogen and oxygen atoms in total. The van der Waals surface area contributed by atoms with Gasteiger partial charge in [0.05, 0.1) is 13.5 Å². The first-order chi connectivity index (χ1) is 13.5. The van der Waals surface area contributed by atoms with E-state index in [2.05, 4.69) is 29.6 Å². The van der Waals surface area contributed by atoms with Crippen molar-refractivity contribution in [2.75, 3.05) is 13.7 Å². The van der Waals surface area contributed by atoms with E-state index in [4.69, 9.17) is 9.47 Å². The maximum atomic E-state index is 12.4. The number of methoxy groups -OCH3 is 1. The Morgan fingerprint density at radius 2 is 1.61 bits per heavy atom. The van der Waals surface area contributed by atoms with Crippen molar-refractivity contribution in [3.8, 4) is 11.1 Å². The van der Waals surface area contributed by atoms with Gasteiger partial charge in [0.15, 0.2) is 0 Å². The average Bonchev–Trinajstić information content (AvgIpc) is 3.05. The van der Waals surface area contributed by atoms with E-state index < -0.39 is 6.09 Å². The fraction of sp³-hybridized carbons (Fsp3) is 0.391. The number of alkyl carbamates (subject to hydrolysis) is 1. The third kappa shape index (κ3) is 4.19. The van der Waals surface area contributed by atoms with Gasteiger partial charge in [0.2, 0.25) is 0 Å². The molecule has 0 bridgehead atoms. The maximum Gasteiger partial charge on any atom is 0.407 e. The van der Waals surface area contributed by atoms with Gasteiger partial charge < -0.3 is 14.8 Å². The number of esters is 1. The molecule has 1 aliphatic carbocycles. The molecule has 3 rings (SSSR count). The molecule has 1 aliphatic rings. The second-order valence-electron chi connectivity index (χ2n) is 7.24. The quantitative estimate of drug-likeness (QED) is 0.717. The van der Waals surface area contributed by atoms with Crippen LogP contribution in [0.4, 0.5) is 4.79 Å². The van der Waals surface area contributed by atoms with Crippen molar-refractivity contribution in [1.29, 1.82) is 0 Å². The van der Waals surface area contributed by atoms with Crippen molar-refractivity contribution in [1.82, 2.24) is 5.32 Å². The number of rotatable bonds is 7. The summed E-state index contributed by atoms with van der Waals surface area (Å²) in [6, 6.07) is 16.1. The summed E-state index contributed by atoms with van der Waals surface area (Å²) in [5.74, 6) is -0.190. The normalized spacial score (nSPS) is 14.5. The molecular weight excluding hydrogens is 354 g/mol. The zero-order valence-electron chi connectivity index (χ0n) is 16.6. The molecule has 2 aromatic carbocycles. The van der Waals surface area contributed by atoms with Crippen LogP contribution in [0.5, 0.6) is 0 Å². The smallest absolute Gasteiger partial charge is 0.407 e. The first-order valence-electron chi connectivity index (χ1n) is 9.73. The first-order valence-corrected chi connectivity index (χ1v) is 9.73. The lowest BCUT2D eigenvalue weighted by Crippen LogP contribution is -2.41. The van der Waals surface area contributed by atoms with E-state index in [1.807, 2.05) is 38.1 Å². The molecule has 1 N–H and O–H groups in total. The van der Waals surface area contributed by atoms with Gasteiger partial charge in [-0.05, 0) is 28.2 Å². The van der Waals surface area contributed by atoms with E-state index in [1.54, 1.807) is 0 Å². The van der Waals surface area contributed by atoms with E-state index in [1.165, 1.54) is 29.4 Å². The molecule has 0 saturated carbocycles. The largest absolute Gasteiger partial charge is 0.469 e. The Morgan fingerprint density at radius 3 is 2.14 bits per heavy atom. The van der Waals surface area contributed by atoms with Crippen molar-refractivity contribution >= 4 is 12.1 Å². The van der Waals surface area contributed by atoms with Gasteiger partial charge in [0.25, 0.3) is 0 Å². The second kappa shape index (κ2) is 8.91.